The lowest BCUT2D eigenvalue weighted by Crippen LogP contribution is -2.31. The van der Waals surface area contributed by atoms with Crippen LogP contribution in [0.5, 0.6) is 0 Å². The molecule has 114 valence electrons. The van der Waals surface area contributed by atoms with Crippen LogP contribution in [0.15, 0.2) is 53.0 Å². The molecular formula is C18H17BrClNO. The molecule has 0 aromatic heterocycles. The standard InChI is InChI=1S/C18H17BrClNO/c19-15-7-3-6-14(11-15)17-9-4-10-21(17)18(22)12-13-5-1-2-8-16(13)20/h1-3,5-8,11,17H,4,9-10,12H2. The van der Waals surface area contributed by atoms with Crippen molar-refractivity contribution in [2.75, 3.05) is 6.54 Å². The Kier molecular flexibility index (Phi) is 4.84. The largest absolute Gasteiger partial charge is 0.335 e. The maximum absolute atomic E-state index is 12.7. The first-order valence-corrected chi connectivity index (χ1v) is 8.60. The van der Waals surface area contributed by atoms with E-state index in [-0.39, 0.29) is 11.9 Å². The fourth-order valence-corrected chi connectivity index (χ4v) is 3.65. The molecule has 1 atom stereocenters. The Hall–Kier alpha value is -1.32. The van der Waals surface area contributed by atoms with Crippen LogP contribution < -0.4 is 0 Å². The van der Waals surface area contributed by atoms with Crippen molar-refractivity contribution in [3.8, 4) is 0 Å². The highest BCUT2D eigenvalue weighted by molar-refractivity contribution is 9.10. The van der Waals surface area contributed by atoms with Crippen LogP contribution in [0.4, 0.5) is 0 Å². The van der Waals surface area contributed by atoms with Gasteiger partial charge in [0.15, 0.2) is 0 Å². The molecule has 1 aliphatic rings. The molecule has 0 spiro atoms. The smallest absolute Gasteiger partial charge is 0.227 e. The molecule has 1 unspecified atom stereocenters. The van der Waals surface area contributed by atoms with Gasteiger partial charge in [-0.2, -0.15) is 0 Å². The topological polar surface area (TPSA) is 20.3 Å². The highest BCUT2D eigenvalue weighted by atomic mass is 79.9. The van der Waals surface area contributed by atoms with Crippen molar-refractivity contribution < 1.29 is 4.79 Å². The number of likely N-dealkylation sites (tertiary alicyclic amines) is 1. The summed E-state index contributed by atoms with van der Waals surface area (Å²) in [6.07, 6.45) is 2.43. The van der Waals surface area contributed by atoms with Crippen LogP contribution in [0.1, 0.15) is 30.0 Å². The summed E-state index contributed by atoms with van der Waals surface area (Å²) in [4.78, 5) is 14.7. The second-order valence-electron chi connectivity index (χ2n) is 5.57. The molecule has 3 rings (SSSR count). The monoisotopic (exact) mass is 377 g/mol. The predicted molar refractivity (Wildman–Crippen MR) is 93.0 cm³/mol. The third-order valence-corrected chi connectivity index (χ3v) is 4.97. The average Bonchev–Trinajstić information content (AvgIpc) is 2.99. The lowest BCUT2D eigenvalue weighted by molar-refractivity contribution is -0.131. The normalized spacial score (nSPS) is 17.7. The van der Waals surface area contributed by atoms with Gasteiger partial charge in [-0.15, -0.1) is 0 Å². The minimum absolute atomic E-state index is 0.149. The number of amides is 1. The van der Waals surface area contributed by atoms with Crippen LogP contribution in [0.25, 0.3) is 0 Å². The van der Waals surface area contributed by atoms with Crippen molar-refractivity contribution in [2.24, 2.45) is 0 Å². The van der Waals surface area contributed by atoms with E-state index < -0.39 is 0 Å². The van der Waals surface area contributed by atoms with E-state index in [1.54, 1.807) is 0 Å². The number of hydrogen-bond acceptors (Lipinski definition) is 1. The fraction of sp³-hybridized carbons (Fsp3) is 0.278. The summed E-state index contributed by atoms with van der Waals surface area (Å²) in [5.41, 5.74) is 2.09. The molecule has 22 heavy (non-hydrogen) atoms. The van der Waals surface area contributed by atoms with Gasteiger partial charge in [0.25, 0.3) is 0 Å². The molecule has 0 saturated carbocycles. The Bertz CT molecular complexity index is 688. The van der Waals surface area contributed by atoms with Crippen molar-refractivity contribution >= 4 is 33.4 Å². The zero-order valence-corrected chi connectivity index (χ0v) is 14.5. The van der Waals surface area contributed by atoms with Gasteiger partial charge in [-0.05, 0) is 42.2 Å². The summed E-state index contributed by atoms with van der Waals surface area (Å²) < 4.78 is 1.05. The van der Waals surface area contributed by atoms with Crippen LogP contribution in [-0.4, -0.2) is 17.4 Å². The SMILES string of the molecule is O=C(Cc1ccccc1Cl)N1CCCC1c1cccc(Br)c1. The Morgan fingerprint density at radius 1 is 1.23 bits per heavy atom. The van der Waals surface area contributed by atoms with Crippen LogP contribution >= 0.6 is 27.5 Å². The number of hydrogen-bond donors (Lipinski definition) is 0. The first kappa shape index (κ1) is 15.6. The Morgan fingerprint density at radius 3 is 2.82 bits per heavy atom. The Labute approximate surface area is 144 Å². The van der Waals surface area contributed by atoms with Crippen molar-refractivity contribution in [3.05, 3.63) is 69.2 Å². The molecule has 2 aromatic carbocycles. The highest BCUT2D eigenvalue weighted by Gasteiger charge is 2.30. The van der Waals surface area contributed by atoms with Gasteiger partial charge in [0, 0.05) is 16.0 Å². The summed E-state index contributed by atoms with van der Waals surface area (Å²) in [5.74, 6) is 0.149. The third kappa shape index (κ3) is 3.36. The first-order chi connectivity index (χ1) is 10.6. The number of nitrogens with zero attached hydrogens (tertiary/aromatic N) is 1. The van der Waals surface area contributed by atoms with Gasteiger partial charge in [-0.25, -0.2) is 0 Å². The maximum Gasteiger partial charge on any atom is 0.227 e. The van der Waals surface area contributed by atoms with Gasteiger partial charge in [0.1, 0.15) is 0 Å². The lowest BCUT2D eigenvalue weighted by atomic mass is 10.0. The zero-order chi connectivity index (χ0) is 15.5. The molecule has 1 fully saturated rings. The molecule has 0 aliphatic carbocycles. The Morgan fingerprint density at radius 2 is 2.05 bits per heavy atom. The van der Waals surface area contributed by atoms with E-state index in [9.17, 15) is 4.79 Å². The van der Waals surface area contributed by atoms with Crippen molar-refractivity contribution in [1.29, 1.82) is 0 Å². The third-order valence-electron chi connectivity index (χ3n) is 4.11. The van der Waals surface area contributed by atoms with Crippen molar-refractivity contribution in [2.45, 2.75) is 25.3 Å². The quantitative estimate of drug-likeness (QED) is 0.735. The number of rotatable bonds is 3. The van der Waals surface area contributed by atoms with E-state index in [1.807, 2.05) is 41.3 Å². The van der Waals surface area contributed by atoms with Gasteiger partial charge in [-0.1, -0.05) is 57.9 Å². The molecule has 1 aliphatic heterocycles. The van der Waals surface area contributed by atoms with E-state index >= 15 is 0 Å². The molecule has 1 amide bonds. The van der Waals surface area contributed by atoms with Crippen LogP contribution in [0.3, 0.4) is 0 Å². The van der Waals surface area contributed by atoms with Crippen LogP contribution in [0, 0.1) is 0 Å². The molecule has 1 saturated heterocycles. The number of halogens is 2. The minimum atomic E-state index is 0.149. The van der Waals surface area contributed by atoms with E-state index in [2.05, 4.69) is 28.1 Å². The summed E-state index contributed by atoms with van der Waals surface area (Å²) in [6, 6.07) is 16.0. The van der Waals surface area contributed by atoms with E-state index in [0.717, 1.165) is 29.4 Å². The molecule has 0 radical (unpaired) electrons. The summed E-state index contributed by atoms with van der Waals surface area (Å²) in [7, 11) is 0. The van der Waals surface area contributed by atoms with Crippen molar-refractivity contribution in [1.82, 2.24) is 4.90 Å². The second kappa shape index (κ2) is 6.84. The van der Waals surface area contributed by atoms with Gasteiger partial charge in [-0.3, -0.25) is 4.79 Å². The van der Waals surface area contributed by atoms with E-state index in [1.165, 1.54) is 5.56 Å². The molecule has 2 nitrogen and oxygen atoms in total. The second-order valence-corrected chi connectivity index (χ2v) is 6.89. The van der Waals surface area contributed by atoms with Crippen LogP contribution in [0.2, 0.25) is 5.02 Å². The molecule has 4 heteroatoms. The Balaban J connectivity index is 1.78. The fourth-order valence-electron chi connectivity index (χ4n) is 3.03. The van der Waals surface area contributed by atoms with Gasteiger partial charge in [0.05, 0.1) is 12.5 Å². The van der Waals surface area contributed by atoms with Crippen molar-refractivity contribution in [3.63, 3.8) is 0 Å². The highest BCUT2D eigenvalue weighted by Crippen LogP contribution is 2.33. The average molecular weight is 379 g/mol. The summed E-state index contributed by atoms with van der Waals surface area (Å²) >= 11 is 9.68. The number of carbonyl (C=O) groups excluding carboxylic acids is 1. The lowest BCUT2D eigenvalue weighted by Gasteiger charge is -2.25. The molecule has 1 heterocycles. The number of carbonyl (C=O) groups is 1. The molecule has 2 aromatic rings. The van der Waals surface area contributed by atoms with Gasteiger partial charge >= 0.3 is 0 Å². The van der Waals surface area contributed by atoms with Crippen LogP contribution in [-0.2, 0) is 11.2 Å². The predicted octanol–water partition coefficient (Wildman–Crippen LogP) is 5.01. The maximum atomic E-state index is 12.7. The van der Waals surface area contributed by atoms with E-state index in [4.69, 9.17) is 11.6 Å². The molecule has 0 N–H and O–H groups in total. The van der Waals surface area contributed by atoms with E-state index in [0.29, 0.717) is 11.4 Å². The first-order valence-electron chi connectivity index (χ1n) is 7.43. The molecular weight excluding hydrogens is 362 g/mol. The summed E-state index contributed by atoms with van der Waals surface area (Å²) in [5, 5.41) is 0.661. The number of benzene rings is 2. The van der Waals surface area contributed by atoms with Gasteiger partial charge < -0.3 is 4.90 Å². The summed E-state index contributed by atoms with van der Waals surface area (Å²) in [6.45, 7) is 0.820. The minimum Gasteiger partial charge on any atom is -0.335 e. The zero-order valence-electron chi connectivity index (χ0n) is 12.1. The molecule has 0 bridgehead atoms. The van der Waals surface area contributed by atoms with Gasteiger partial charge in [0.2, 0.25) is 5.91 Å².